The van der Waals surface area contributed by atoms with Crippen molar-refractivity contribution < 1.29 is 4.79 Å². The largest absolute Gasteiger partial charge is 0.347 e. The topological polar surface area (TPSA) is 79.8 Å². The summed E-state index contributed by atoms with van der Waals surface area (Å²) in [6, 6.07) is 2.98. The second-order valence-electron chi connectivity index (χ2n) is 6.76. The second kappa shape index (κ2) is 6.81. The molecule has 0 aliphatic rings. The van der Waals surface area contributed by atoms with Crippen LogP contribution in [-0.2, 0) is 13.0 Å². The Bertz CT molecular complexity index is 711. The maximum Gasteiger partial charge on any atom is 0.251 e. The van der Waals surface area contributed by atoms with E-state index in [1.165, 1.54) is 6.07 Å². The van der Waals surface area contributed by atoms with Gasteiger partial charge in [-0.1, -0.05) is 27.7 Å². The van der Waals surface area contributed by atoms with E-state index in [9.17, 15) is 9.59 Å². The molecule has 1 atom stereocenters. The molecular formula is C17H24N4O2. The molecule has 6 nitrogen and oxygen atoms in total. The molecule has 0 aliphatic heterocycles. The van der Waals surface area contributed by atoms with Crippen LogP contribution in [-0.4, -0.2) is 26.5 Å². The fraction of sp³-hybridized carbons (Fsp3) is 0.471. The zero-order valence-corrected chi connectivity index (χ0v) is 14.1. The molecule has 0 spiro atoms. The van der Waals surface area contributed by atoms with E-state index >= 15 is 0 Å². The van der Waals surface area contributed by atoms with E-state index in [0.29, 0.717) is 18.5 Å². The average molecular weight is 316 g/mol. The number of rotatable bonds is 5. The van der Waals surface area contributed by atoms with Crippen LogP contribution in [0.15, 0.2) is 35.6 Å². The molecule has 0 aliphatic carbocycles. The highest BCUT2D eigenvalue weighted by molar-refractivity contribution is 5.94. The first-order chi connectivity index (χ1) is 10.8. The first kappa shape index (κ1) is 17.0. The van der Waals surface area contributed by atoms with Crippen LogP contribution in [0.4, 0.5) is 0 Å². The first-order valence-corrected chi connectivity index (χ1v) is 7.79. The van der Waals surface area contributed by atoms with E-state index in [2.05, 4.69) is 36.1 Å². The van der Waals surface area contributed by atoms with Crippen molar-refractivity contribution in [1.29, 1.82) is 0 Å². The first-order valence-electron chi connectivity index (χ1n) is 7.79. The summed E-state index contributed by atoms with van der Waals surface area (Å²) in [5.41, 5.74) is 0.765. The summed E-state index contributed by atoms with van der Waals surface area (Å²) in [7, 11) is 0. The van der Waals surface area contributed by atoms with Crippen molar-refractivity contribution >= 4 is 5.91 Å². The Hall–Kier alpha value is -2.37. The molecular weight excluding hydrogens is 292 g/mol. The van der Waals surface area contributed by atoms with E-state index < -0.39 is 0 Å². The Balaban J connectivity index is 2.20. The third kappa shape index (κ3) is 4.55. The van der Waals surface area contributed by atoms with E-state index in [1.807, 2.05) is 17.7 Å². The van der Waals surface area contributed by atoms with Gasteiger partial charge in [0.05, 0.1) is 12.4 Å². The number of H-pyrrole nitrogens is 1. The molecule has 23 heavy (non-hydrogen) atoms. The van der Waals surface area contributed by atoms with Crippen molar-refractivity contribution in [2.24, 2.45) is 5.41 Å². The number of aromatic amines is 1. The van der Waals surface area contributed by atoms with Gasteiger partial charge >= 0.3 is 0 Å². The molecule has 6 heteroatoms. The third-order valence-electron chi connectivity index (χ3n) is 3.85. The summed E-state index contributed by atoms with van der Waals surface area (Å²) in [6.45, 7) is 8.78. The minimum atomic E-state index is -0.253. The van der Waals surface area contributed by atoms with Crippen molar-refractivity contribution in [2.45, 2.75) is 46.7 Å². The van der Waals surface area contributed by atoms with Crippen LogP contribution < -0.4 is 10.9 Å². The molecule has 0 saturated heterocycles. The Morgan fingerprint density at radius 1 is 1.39 bits per heavy atom. The number of pyridine rings is 1. The Morgan fingerprint density at radius 3 is 2.70 bits per heavy atom. The Morgan fingerprint density at radius 2 is 2.13 bits per heavy atom. The molecule has 0 bridgehead atoms. The average Bonchev–Trinajstić information content (AvgIpc) is 2.97. The van der Waals surface area contributed by atoms with Gasteiger partial charge in [0.25, 0.3) is 5.91 Å². The summed E-state index contributed by atoms with van der Waals surface area (Å²) in [5, 5.41) is 3.05. The Kier molecular flexibility index (Phi) is 5.03. The smallest absolute Gasteiger partial charge is 0.251 e. The molecule has 0 saturated carbocycles. The van der Waals surface area contributed by atoms with Crippen molar-refractivity contribution in [3.63, 3.8) is 0 Å². The molecule has 2 N–H and O–H groups in total. The lowest BCUT2D eigenvalue weighted by Gasteiger charge is -2.31. The van der Waals surface area contributed by atoms with E-state index in [0.717, 1.165) is 5.69 Å². The predicted molar refractivity (Wildman–Crippen MR) is 89.4 cm³/mol. The zero-order valence-electron chi connectivity index (χ0n) is 14.1. The SMILES string of the molecule is CCc1cc(C(=O)NC(Cn2ccnc2)C(C)(C)C)cc(=O)[nH]1. The van der Waals surface area contributed by atoms with Crippen LogP contribution in [0.1, 0.15) is 43.7 Å². The van der Waals surface area contributed by atoms with Crippen molar-refractivity contribution in [2.75, 3.05) is 0 Å². The molecule has 0 aromatic carbocycles. The zero-order chi connectivity index (χ0) is 17.0. The molecule has 2 aromatic rings. The fourth-order valence-corrected chi connectivity index (χ4v) is 2.31. The van der Waals surface area contributed by atoms with E-state index in [-0.39, 0.29) is 22.9 Å². The predicted octanol–water partition coefficient (Wildman–Crippen LogP) is 1.98. The number of hydrogen-bond donors (Lipinski definition) is 2. The van der Waals surface area contributed by atoms with Crippen LogP contribution in [0, 0.1) is 5.41 Å². The van der Waals surface area contributed by atoms with Crippen LogP contribution in [0.25, 0.3) is 0 Å². The van der Waals surface area contributed by atoms with Gasteiger partial charge in [-0.2, -0.15) is 0 Å². The van der Waals surface area contributed by atoms with Crippen LogP contribution >= 0.6 is 0 Å². The molecule has 124 valence electrons. The molecule has 2 aromatic heterocycles. The van der Waals surface area contributed by atoms with E-state index in [1.54, 1.807) is 18.6 Å². The number of carbonyl (C=O) groups excluding carboxylic acids is 1. The van der Waals surface area contributed by atoms with Gasteiger partial charge in [-0.3, -0.25) is 9.59 Å². The number of aryl methyl sites for hydroxylation is 1. The number of imidazole rings is 1. The van der Waals surface area contributed by atoms with Gasteiger partial charge in [0, 0.05) is 36.3 Å². The van der Waals surface area contributed by atoms with Crippen LogP contribution in [0.2, 0.25) is 0 Å². The molecule has 1 unspecified atom stereocenters. The second-order valence-corrected chi connectivity index (χ2v) is 6.76. The lowest BCUT2D eigenvalue weighted by Crippen LogP contribution is -2.46. The van der Waals surface area contributed by atoms with Crippen LogP contribution in [0.3, 0.4) is 0 Å². The third-order valence-corrected chi connectivity index (χ3v) is 3.85. The van der Waals surface area contributed by atoms with Gasteiger partial charge < -0.3 is 14.9 Å². The highest BCUT2D eigenvalue weighted by atomic mass is 16.2. The summed E-state index contributed by atoms with van der Waals surface area (Å²) >= 11 is 0. The standard InChI is InChI=1S/C17H24N4O2/c1-5-13-8-12(9-15(22)19-13)16(23)20-14(17(2,3)4)10-21-7-6-18-11-21/h6-9,11,14H,5,10H2,1-4H3,(H,19,22)(H,20,23). The molecule has 2 heterocycles. The fourth-order valence-electron chi connectivity index (χ4n) is 2.31. The number of carbonyl (C=O) groups is 1. The maximum absolute atomic E-state index is 12.6. The quantitative estimate of drug-likeness (QED) is 0.885. The summed E-state index contributed by atoms with van der Waals surface area (Å²) in [4.78, 5) is 31.0. The Labute approximate surface area is 136 Å². The number of amides is 1. The summed E-state index contributed by atoms with van der Waals surface area (Å²) in [6.07, 6.45) is 5.99. The summed E-state index contributed by atoms with van der Waals surface area (Å²) in [5.74, 6) is -0.231. The highest BCUT2D eigenvalue weighted by Gasteiger charge is 2.27. The van der Waals surface area contributed by atoms with Crippen molar-refractivity contribution in [3.8, 4) is 0 Å². The monoisotopic (exact) mass is 316 g/mol. The molecule has 1 amide bonds. The molecule has 2 rings (SSSR count). The summed E-state index contributed by atoms with van der Waals surface area (Å²) < 4.78 is 1.94. The van der Waals surface area contributed by atoms with Gasteiger partial charge in [0.1, 0.15) is 0 Å². The molecule has 0 radical (unpaired) electrons. The minimum absolute atomic E-state index is 0.0893. The lowest BCUT2D eigenvalue weighted by molar-refractivity contribution is 0.0892. The number of hydrogen-bond acceptors (Lipinski definition) is 3. The normalized spacial score (nSPS) is 12.9. The van der Waals surface area contributed by atoms with Crippen molar-refractivity contribution in [3.05, 3.63) is 52.5 Å². The van der Waals surface area contributed by atoms with Crippen LogP contribution in [0.5, 0.6) is 0 Å². The van der Waals surface area contributed by atoms with Gasteiger partial charge in [0.2, 0.25) is 5.56 Å². The van der Waals surface area contributed by atoms with Gasteiger partial charge in [-0.25, -0.2) is 4.98 Å². The van der Waals surface area contributed by atoms with Crippen molar-refractivity contribution in [1.82, 2.24) is 19.9 Å². The number of nitrogens with zero attached hydrogens (tertiary/aromatic N) is 2. The number of nitrogens with one attached hydrogen (secondary N) is 2. The number of aromatic nitrogens is 3. The highest BCUT2D eigenvalue weighted by Crippen LogP contribution is 2.21. The maximum atomic E-state index is 12.6. The van der Waals surface area contributed by atoms with E-state index in [4.69, 9.17) is 0 Å². The van der Waals surface area contributed by atoms with Gasteiger partial charge in [0.15, 0.2) is 0 Å². The minimum Gasteiger partial charge on any atom is -0.347 e. The van der Waals surface area contributed by atoms with Gasteiger partial charge in [-0.05, 0) is 17.9 Å². The lowest BCUT2D eigenvalue weighted by atomic mass is 9.86. The van der Waals surface area contributed by atoms with Gasteiger partial charge in [-0.15, -0.1) is 0 Å². The molecule has 0 fully saturated rings.